The summed E-state index contributed by atoms with van der Waals surface area (Å²) in [6.45, 7) is 9.31. The zero-order valence-electron chi connectivity index (χ0n) is 28.8. The number of hydrogen-bond donors (Lipinski definition) is 4. The lowest BCUT2D eigenvalue weighted by molar-refractivity contribution is -0.134. The van der Waals surface area contributed by atoms with E-state index in [-0.39, 0.29) is 36.7 Å². The van der Waals surface area contributed by atoms with Crippen LogP contribution >= 0.6 is 0 Å². The lowest BCUT2D eigenvalue weighted by atomic mass is 9.93. The maximum Gasteiger partial charge on any atom is 0.274 e. The Hall–Kier alpha value is -4.84. The molecular formula is C37H47N5O7. The molecule has 0 bridgehead atoms. The zero-order valence-corrected chi connectivity index (χ0v) is 28.8. The van der Waals surface area contributed by atoms with Crippen molar-refractivity contribution in [2.75, 3.05) is 6.61 Å². The second kappa shape index (κ2) is 17.0. The van der Waals surface area contributed by atoms with Gasteiger partial charge >= 0.3 is 0 Å². The van der Waals surface area contributed by atoms with E-state index in [4.69, 9.17) is 9.26 Å². The Morgan fingerprint density at radius 1 is 0.796 bits per heavy atom. The molecule has 262 valence electrons. The van der Waals surface area contributed by atoms with Gasteiger partial charge in [-0.3, -0.25) is 24.0 Å². The van der Waals surface area contributed by atoms with Gasteiger partial charge in [0, 0.05) is 12.5 Å². The van der Waals surface area contributed by atoms with Gasteiger partial charge in [-0.15, -0.1) is 0 Å². The molecule has 0 unspecified atom stereocenters. The number of ether oxygens (including phenoxy) is 1. The molecule has 4 amide bonds. The molecule has 2 heterocycles. The zero-order chi connectivity index (χ0) is 35.6. The molecule has 0 radical (unpaired) electrons. The fourth-order valence-corrected chi connectivity index (χ4v) is 5.48. The number of epoxide rings is 1. The van der Waals surface area contributed by atoms with Crippen LogP contribution in [-0.2, 0) is 36.8 Å². The van der Waals surface area contributed by atoms with Crippen molar-refractivity contribution in [2.24, 2.45) is 5.92 Å². The Balaban J connectivity index is 1.49. The first-order valence-electron chi connectivity index (χ1n) is 16.8. The molecule has 12 nitrogen and oxygen atoms in total. The molecular weight excluding hydrogens is 626 g/mol. The highest BCUT2D eigenvalue weighted by Crippen LogP contribution is 2.29. The molecule has 3 aromatic rings. The average Bonchev–Trinajstić information content (AvgIpc) is 3.69. The number of nitrogens with zero attached hydrogens (tertiary/aromatic N) is 1. The summed E-state index contributed by atoms with van der Waals surface area (Å²) in [5.41, 5.74) is 0.881. The third-order valence-corrected chi connectivity index (χ3v) is 8.44. The van der Waals surface area contributed by atoms with Gasteiger partial charge in [0.1, 0.15) is 29.5 Å². The van der Waals surface area contributed by atoms with E-state index in [1.165, 1.54) is 6.07 Å². The van der Waals surface area contributed by atoms with Crippen LogP contribution in [0.5, 0.6) is 0 Å². The average molecular weight is 674 g/mol. The minimum absolute atomic E-state index is 0.0334. The predicted molar refractivity (Wildman–Crippen MR) is 182 cm³/mol. The van der Waals surface area contributed by atoms with Gasteiger partial charge in [-0.1, -0.05) is 86.6 Å². The number of aryl methyl sites for hydroxylation is 2. The normalized spacial score (nSPS) is 17.7. The first-order valence-corrected chi connectivity index (χ1v) is 16.8. The third kappa shape index (κ3) is 10.8. The van der Waals surface area contributed by atoms with E-state index < -0.39 is 53.4 Å². The van der Waals surface area contributed by atoms with Crippen LogP contribution in [-0.4, -0.2) is 70.9 Å². The van der Waals surface area contributed by atoms with E-state index in [1.54, 1.807) is 20.8 Å². The molecule has 2 aromatic carbocycles. The number of aromatic nitrogens is 1. The molecule has 1 fully saturated rings. The van der Waals surface area contributed by atoms with Gasteiger partial charge in [0.15, 0.2) is 11.5 Å². The molecule has 1 aromatic heterocycles. The number of benzene rings is 2. The van der Waals surface area contributed by atoms with Crippen LogP contribution < -0.4 is 21.3 Å². The molecule has 4 N–H and O–H groups in total. The minimum atomic E-state index is -1.04. The van der Waals surface area contributed by atoms with Gasteiger partial charge in [-0.2, -0.15) is 0 Å². The number of rotatable bonds is 18. The molecule has 1 aliphatic heterocycles. The predicted octanol–water partition coefficient (Wildman–Crippen LogP) is 3.23. The van der Waals surface area contributed by atoms with E-state index >= 15 is 0 Å². The number of carbonyl (C=O) groups excluding carboxylic acids is 5. The van der Waals surface area contributed by atoms with Gasteiger partial charge in [0.05, 0.1) is 12.6 Å². The highest BCUT2D eigenvalue weighted by atomic mass is 16.6. The second-order valence-electron chi connectivity index (χ2n) is 13.2. The van der Waals surface area contributed by atoms with Gasteiger partial charge in [-0.05, 0) is 56.6 Å². The fraction of sp³-hybridized carbons (Fsp3) is 0.459. The van der Waals surface area contributed by atoms with Crippen LogP contribution in [0.3, 0.4) is 0 Å². The lowest BCUT2D eigenvalue weighted by Gasteiger charge is -2.27. The van der Waals surface area contributed by atoms with Crippen molar-refractivity contribution in [3.8, 4) is 0 Å². The first-order chi connectivity index (χ1) is 23.4. The third-order valence-electron chi connectivity index (χ3n) is 8.44. The van der Waals surface area contributed by atoms with Crippen LogP contribution in [0, 0.1) is 12.8 Å². The monoisotopic (exact) mass is 673 g/mol. The number of Topliss-reactive ketones (excluding diaryl/α,β-unsaturated/α-hetero) is 1. The van der Waals surface area contributed by atoms with E-state index in [1.807, 2.05) is 74.5 Å². The summed E-state index contributed by atoms with van der Waals surface area (Å²) >= 11 is 0. The van der Waals surface area contributed by atoms with Crippen LogP contribution in [0.15, 0.2) is 71.3 Å². The highest BCUT2D eigenvalue weighted by molar-refractivity contribution is 5.99. The van der Waals surface area contributed by atoms with Crippen molar-refractivity contribution in [3.63, 3.8) is 0 Å². The van der Waals surface area contributed by atoms with Gasteiger partial charge in [0.25, 0.3) is 5.91 Å². The largest absolute Gasteiger partial charge is 0.361 e. The minimum Gasteiger partial charge on any atom is -0.361 e. The van der Waals surface area contributed by atoms with E-state index in [9.17, 15) is 24.0 Å². The van der Waals surface area contributed by atoms with Gasteiger partial charge in [0.2, 0.25) is 17.7 Å². The number of nitrogens with one attached hydrogen (secondary N) is 4. The van der Waals surface area contributed by atoms with Crippen molar-refractivity contribution >= 4 is 29.4 Å². The van der Waals surface area contributed by atoms with Crippen LogP contribution in [0.4, 0.5) is 0 Å². The fourth-order valence-electron chi connectivity index (χ4n) is 5.48. The number of amides is 4. The van der Waals surface area contributed by atoms with Crippen molar-refractivity contribution in [1.29, 1.82) is 0 Å². The smallest absolute Gasteiger partial charge is 0.274 e. The molecule has 49 heavy (non-hydrogen) atoms. The molecule has 0 spiro atoms. The molecule has 0 saturated carbocycles. The quantitative estimate of drug-likeness (QED) is 0.149. The van der Waals surface area contributed by atoms with Crippen molar-refractivity contribution in [3.05, 3.63) is 89.3 Å². The topological polar surface area (TPSA) is 172 Å². The Bertz CT molecular complexity index is 1590. The van der Waals surface area contributed by atoms with Crippen LogP contribution in [0.25, 0.3) is 0 Å². The summed E-state index contributed by atoms with van der Waals surface area (Å²) in [6, 6.07) is 16.4. The van der Waals surface area contributed by atoms with Crippen LogP contribution in [0.1, 0.15) is 74.3 Å². The first kappa shape index (κ1) is 37.0. The highest BCUT2D eigenvalue weighted by Gasteiger charge is 2.50. The molecule has 12 heteroatoms. The van der Waals surface area contributed by atoms with E-state index in [0.717, 1.165) is 11.1 Å². The van der Waals surface area contributed by atoms with E-state index in [2.05, 4.69) is 26.4 Å². The Morgan fingerprint density at radius 2 is 1.35 bits per heavy atom. The van der Waals surface area contributed by atoms with Gasteiger partial charge < -0.3 is 30.5 Å². The van der Waals surface area contributed by atoms with Gasteiger partial charge in [-0.25, -0.2) is 0 Å². The molecule has 1 aliphatic rings. The summed E-state index contributed by atoms with van der Waals surface area (Å²) in [5.74, 6) is -1.88. The summed E-state index contributed by atoms with van der Waals surface area (Å²) in [4.78, 5) is 67.4. The number of hydrogen-bond acceptors (Lipinski definition) is 8. The Morgan fingerprint density at radius 3 is 1.90 bits per heavy atom. The van der Waals surface area contributed by atoms with Crippen LogP contribution in [0.2, 0.25) is 0 Å². The molecule has 0 aliphatic carbocycles. The lowest BCUT2D eigenvalue weighted by Crippen LogP contribution is -2.58. The summed E-state index contributed by atoms with van der Waals surface area (Å²) in [5, 5.41) is 15.0. The maximum absolute atomic E-state index is 13.8. The maximum atomic E-state index is 13.8. The Kier molecular flexibility index (Phi) is 12.8. The Labute approximate surface area is 287 Å². The van der Waals surface area contributed by atoms with Crippen molar-refractivity contribution < 1.29 is 33.2 Å². The molecule has 5 atom stereocenters. The summed E-state index contributed by atoms with van der Waals surface area (Å²) in [6.07, 6.45) is 1.52. The standard InChI is InChI=1S/C37H47N5O7/c1-6-27(38-34(45)28(18-17-25-13-9-7-10-14-25)39-36(47)31-20-24(4)49-42-31)33(44)41-30(21-26-15-11-8-12-16-26)35(46)40-29(19-23(2)3)32(43)37(5)22-48-37/h7-16,20,23,27-30H,6,17-19,21-22H2,1-5H3,(H,38,45)(H,39,47)(H,40,46)(H,41,44)/t27-,28-,29-,30-,37+/m0/s1. The van der Waals surface area contributed by atoms with E-state index in [0.29, 0.717) is 25.2 Å². The number of ketones is 1. The van der Waals surface area contributed by atoms with Crippen molar-refractivity contribution in [1.82, 2.24) is 26.4 Å². The molecule has 4 rings (SSSR count). The second-order valence-corrected chi connectivity index (χ2v) is 13.2. The number of carbonyl (C=O) groups is 5. The van der Waals surface area contributed by atoms with Crippen molar-refractivity contribution in [2.45, 2.75) is 96.5 Å². The SMILES string of the molecule is CC[C@H](NC(=O)[C@H](CCc1ccccc1)NC(=O)c1cc(C)on1)C(=O)N[C@@H](Cc1ccccc1)C(=O)N[C@@H](CC(C)C)C(=O)[C@@]1(C)CO1. The summed E-state index contributed by atoms with van der Waals surface area (Å²) in [7, 11) is 0. The molecule has 1 saturated heterocycles. The summed E-state index contributed by atoms with van der Waals surface area (Å²) < 4.78 is 10.4.